The standard InChI is InChI=1S/C29H27FN4O3/c1-37-23-11-7-8-20(18-23)27-25(19-34(32-27)22-9-3-2-4-10-22)28(35)31-21-14-16-33(17-15-21)29(36)24-12-5-6-13-26(24)30/h2-13,18-19,21H,14-17H2,1H3,(H,31,35). The fourth-order valence-electron chi connectivity index (χ4n) is 4.53. The van der Waals surface area contributed by atoms with E-state index in [4.69, 9.17) is 9.84 Å². The van der Waals surface area contributed by atoms with Crippen molar-refractivity contribution in [2.45, 2.75) is 18.9 Å². The Bertz CT molecular complexity index is 1410. The lowest BCUT2D eigenvalue weighted by Crippen LogP contribution is -2.46. The number of piperidine rings is 1. The molecule has 1 fully saturated rings. The number of methoxy groups -OCH3 is 1. The molecule has 1 aliphatic rings. The van der Waals surface area contributed by atoms with E-state index in [9.17, 15) is 14.0 Å². The molecule has 1 aliphatic heterocycles. The smallest absolute Gasteiger partial charge is 0.256 e. The number of nitrogens with one attached hydrogen (secondary N) is 1. The quantitative estimate of drug-likeness (QED) is 0.417. The molecular weight excluding hydrogens is 471 g/mol. The van der Waals surface area contributed by atoms with Gasteiger partial charge in [0.15, 0.2) is 0 Å². The van der Waals surface area contributed by atoms with Crippen LogP contribution in [0.4, 0.5) is 4.39 Å². The summed E-state index contributed by atoms with van der Waals surface area (Å²) in [5.41, 5.74) is 2.67. The molecule has 7 nitrogen and oxygen atoms in total. The zero-order chi connectivity index (χ0) is 25.8. The van der Waals surface area contributed by atoms with Crippen LogP contribution in [0.25, 0.3) is 16.9 Å². The number of hydrogen-bond donors (Lipinski definition) is 1. The molecule has 2 heterocycles. The van der Waals surface area contributed by atoms with E-state index in [1.54, 1.807) is 35.0 Å². The van der Waals surface area contributed by atoms with Gasteiger partial charge >= 0.3 is 0 Å². The minimum Gasteiger partial charge on any atom is -0.497 e. The Morgan fingerprint density at radius 2 is 1.68 bits per heavy atom. The van der Waals surface area contributed by atoms with Gasteiger partial charge in [0.05, 0.1) is 23.9 Å². The summed E-state index contributed by atoms with van der Waals surface area (Å²) in [6, 6.07) is 22.9. The molecule has 1 saturated heterocycles. The molecule has 3 aromatic carbocycles. The van der Waals surface area contributed by atoms with Gasteiger partial charge in [0.1, 0.15) is 17.3 Å². The van der Waals surface area contributed by atoms with E-state index in [2.05, 4.69) is 5.32 Å². The van der Waals surface area contributed by atoms with Crippen LogP contribution in [-0.2, 0) is 0 Å². The fourth-order valence-corrected chi connectivity index (χ4v) is 4.53. The molecule has 0 radical (unpaired) electrons. The van der Waals surface area contributed by atoms with E-state index >= 15 is 0 Å². The van der Waals surface area contributed by atoms with Crippen molar-refractivity contribution < 1.29 is 18.7 Å². The Labute approximate surface area is 214 Å². The van der Waals surface area contributed by atoms with Crippen molar-refractivity contribution in [1.82, 2.24) is 20.0 Å². The molecule has 0 spiro atoms. The van der Waals surface area contributed by atoms with Crippen LogP contribution in [0.5, 0.6) is 5.75 Å². The van der Waals surface area contributed by atoms with Crippen LogP contribution in [0, 0.1) is 5.82 Å². The topological polar surface area (TPSA) is 76.5 Å². The third-order valence-electron chi connectivity index (χ3n) is 6.54. The summed E-state index contributed by atoms with van der Waals surface area (Å²) in [6.07, 6.45) is 2.89. The van der Waals surface area contributed by atoms with Crippen molar-refractivity contribution in [2.75, 3.05) is 20.2 Å². The number of benzene rings is 3. The Kier molecular flexibility index (Phi) is 6.98. The second kappa shape index (κ2) is 10.7. The minimum absolute atomic E-state index is 0.0706. The molecule has 5 rings (SSSR count). The summed E-state index contributed by atoms with van der Waals surface area (Å²) >= 11 is 0. The van der Waals surface area contributed by atoms with E-state index in [0.717, 1.165) is 11.3 Å². The van der Waals surface area contributed by atoms with Gasteiger partial charge in [-0.2, -0.15) is 5.10 Å². The first kappa shape index (κ1) is 24.2. The third-order valence-corrected chi connectivity index (χ3v) is 6.54. The predicted molar refractivity (Wildman–Crippen MR) is 138 cm³/mol. The Hall–Kier alpha value is -4.46. The summed E-state index contributed by atoms with van der Waals surface area (Å²) in [5.74, 6) is -0.417. The van der Waals surface area contributed by atoms with Crippen LogP contribution in [0.2, 0.25) is 0 Å². The Balaban J connectivity index is 1.33. The highest BCUT2D eigenvalue weighted by atomic mass is 19.1. The lowest BCUT2D eigenvalue weighted by atomic mass is 10.0. The van der Waals surface area contributed by atoms with Gasteiger partial charge in [-0.15, -0.1) is 0 Å². The lowest BCUT2D eigenvalue weighted by Gasteiger charge is -2.32. The van der Waals surface area contributed by atoms with Crippen LogP contribution in [0.3, 0.4) is 0 Å². The van der Waals surface area contributed by atoms with Crippen molar-refractivity contribution in [3.63, 3.8) is 0 Å². The number of aromatic nitrogens is 2. The molecule has 1 N–H and O–H groups in total. The van der Waals surface area contributed by atoms with Crippen LogP contribution in [0.1, 0.15) is 33.6 Å². The number of carbonyl (C=O) groups is 2. The second-order valence-electron chi connectivity index (χ2n) is 8.92. The molecule has 2 amide bonds. The predicted octanol–water partition coefficient (Wildman–Crippen LogP) is 4.72. The average molecular weight is 499 g/mol. The minimum atomic E-state index is -0.525. The van der Waals surface area contributed by atoms with Gasteiger partial charge in [-0.05, 0) is 49.2 Å². The molecule has 8 heteroatoms. The van der Waals surface area contributed by atoms with Crippen molar-refractivity contribution in [3.8, 4) is 22.7 Å². The number of halogens is 1. The maximum Gasteiger partial charge on any atom is 0.256 e. The summed E-state index contributed by atoms with van der Waals surface area (Å²) in [6.45, 7) is 0.869. The molecule has 0 atom stereocenters. The van der Waals surface area contributed by atoms with Crippen LogP contribution >= 0.6 is 0 Å². The summed E-state index contributed by atoms with van der Waals surface area (Å²) in [5, 5.41) is 7.84. The first-order chi connectivity index (χ1) is 18.0. The highest BCUT2D eigenvalue weighted by Gasteiger charge is 2.27. The van der Waals surface area contributed by atoms with E-state index in [-0.39, 0.29) is 23.4 Å². The summed E-state index contributed by atoms with van der Waals surface area (Å²) < 4.78 is 21.1. The van der Waals surface area contributed by atoms with E-state index in [0.29, 0.717) is 42.9 Å². The Morgan fingerprint density at radius 3 is 2.41 bits per heavy atom. The number of rotatable bonds is 6. The van der Waals surface area contributed by atoms with Crippen LogP contribution in [-0.4, -0.2) is 52.7 Å². The average Bonchev–Trinajstić information content (AvgIpc) is 3.40. The number of likely N-dealkylation sites (tertiary alicyclic amines) is 1. The van der Waals surface area contributed by atoms with Crippen LogP contribution < -0.4 is 10.1 Å². The maximum absolute atomic E-state index is 14.1. The first-order valence-corrected chi connectivity index (χ1v) is 12.2. The first-order valence-electron chi connectivity index (χ1n) is 12.2. The SMILES string of the molecule is COc1cccc(-c2nn(-c3ccccc3)cc2C(=O)NC2CCN(C(=O)c3ccccc3F)CC2)c1. The number of amides is 2. The number of nitrogens with zero attached hydrogens (tertiary/aromatic N) is 3. The fraction of sp³-hybridized carbons (Fsp3) is 0.207. The molecule has 4 aromatic rings. The molecule has 0 bridgehead atoms. The number of carbonyl (C=O) groups excluding carboxylic acids is 2. The molecule has 0 saturated carbocycles. The van der Waals surface area contributed by atoms with Crippen LogP contribution in [0.15, 0.2) is 85.1 Å². The number of ether oxygens (including phenoxy) is 1. The monoisotopic (exact) mass is 498 g/mol. The van der Waals surface area contributed by atoms with Crippen molar-refractivity contribution in [2.24, 2.45) is 0 Å². The van der Waals surface area contributed by atoms with Crippen molar-refractivity contribution in [1.29, 1.82) is 0 Å². The maximum atomic E-state index is 14.1. The summed E-state index contributed by atoms with van der Waals surface area (Å²) in [4.78, 5) is 27.8. The van der Waals surface area contributed by atoms with Gasteiger partial charge < -0.3 is 15.0 Å². The van der Waals surface area contributed by atoms with Gasteiger partial charge in [0.2, 0.25) is 0 Å². The number of hydrogen-bond acceptors (Lipinski definition) is 4. The zero-order valence-corrected chi connectivity index (χ0v) is 20.4. The molecule has 0 aliphatic carbocycles. The zero-order valence-electron chi connectivity index (χ0n) is 20.4. The van der Waals surface area contributed by atoms with E-state index < -0.39 is 5.82 Å². The van der Waals surface area contributed by atoms with Crippen molar-refractivity contribution >= 4 is 11.8 Å². The number of para-hydroxylation sites is 1. The molecule has 37 heavy (non-hydrogen) atoms. The molecule has 188 valence electrons. The van der Waals surface area contributed by atoms with E-state index in [1.807, 2.05) is 54.6 Å². The Morgan fingerprint density at radius 1 is 0.946 bits per heavy atom. The van der Waals surface area contributed by atoms with Gasteiger partial charge in [0.25, 0.3) is 11.8 Å². The van der Waals surface area contributed by atoms with Gasteiger partial charge in [0, 0.05) is 30.9 Å². The second-order valence-corrected chi connectivity index (χ2v) is 8.92. The van der Waals surface area contributed by atoms with E-state index in [1.165, 1.54) is 12.1 Å². The normalized spacial score (nSPS) is 13.8. The van der Waals surface area contributed by atoms with Crippen molar-refractivity contribution in [3.05, 3.63) is 102 Å². The van der Waals surface area contributed by atoms with Gasteiger partial charge in [-0.25, -0.2) is 9.07 Å². The molecule has 0 unspecified atom stereocenters. The summed E-state index contributed by atoms with van der Waals surface area (Å²) in [7, 11) is 1.60. The lowest BCUT2D eigenvalue weighted by molar-refractivity contribution is 0.0693. The van der Waals surface area contributed by atoms with Gasteiger partial charge in [-0.3, -0.25) is 9.59 Å². The highest BCUT2D eigenvalue weighted by molar-refractivity contribution is 6.00. The third kappa shape index (κ3) is 5.23. The largest absolute Gasteiger partial charge is 0.497 e. The molecular formula is C29H27FN4O3. The highest BCUT2D eigenvalue weighted by Crippen LogP contribution is 2.27. The van der Waals surface area contributed by atoms with Gasteiger partial charge in [-0.1, -0.05) is 42.5 Å². The molecule has 1 aromatic heterocycles.